The van der Waals surface area contributed by atoms with Crippen LogP contribution in [-0.2, 0) is 8.98 Å². The van der Waals surface area contributed by atoms with Crippen molar-refractivity contribution in [2.45, 2.75) is 0 Å². The van der Waals surface area contributed by atoms with Crippen LogP contribution in [0.3, 0.4) is 0 Å². The first-order valence-corrected chi connectivity index (χ1v) is 4.37. The van der Waals surface area contributed by atoms with Crippen molar-refractivity contribution in [1.29, 1.82) is 0 Å². The number of carboxylic acid groups (broad SMARTS) is 1. The Balaban J connectivity index is 3.22. The minimum absolute atomic E-state index is 0.0672. The zero-order valence-corrected chi connectivity index (χ0v) is 7.56. The highest BCUT2D eigenvalue weighted by Gasteiger charge is 2.02. The summed E-state index contributed by atoms with van der Waals surface area (Å²) >= 11 is 1.29. The van der Waals surface area contributed by atoms with Crippen LogP contribution in [0.4, 0.5) is 0 Å². The second-order valence-electron chi connectivity index (χ2n) is 2.12. The van der Waals surface area contributed by atoms with Gasteiger partial charge in [-0.25, -0.2) is 0 Å². The van der Waals surface area contributed by atoms with Crippen molar-refractivity contribution in [1.82, 2.24) is 4.90 Å². The minimum Gasteiger partial charge on any atom is -0.480 e. The molecule has 1 N–H and O–H groups in total. The van der Waals surface area contributed by atoms with E-state index in [1.165, 1.54) is 12.0 Å². The van der Waals surface area contributed by atoms with Crippen LogP contribution in [0, 0.1) is 0 Å². The maximum Gasteiger partial charge on any atom is 0.317 e. The highest BCUT2D eigenvalue weighted by atomic mass is 32.2. The molecule has 66 valence electrons. The van der Waals surface area contributed by atoms with Gasteiger partial charge < -0.3 is 9.29 Å². The van der Waals surface area contributed by atoms with Gasteiger partial charge in [-0.3, -0.25) is 9.69 Å². The van der Waals surface area contributed by atoms with Crippen LogP contribution in [0.1, 0.15) is 0 Å². The Morgan fingerprint density at radius 3 is 2.82 bits per heavy atom. The third-order valence-electron chi connectivity index (χ3n) is 1.08. The molecule has 0 aliphatic heterocycles. The minimum atomic E-state index is -0.809. The van der Waals surface area contributed by atoms with Gasteiger partial charge in [0, 0.05) is 12.8 Å². The van der Waals surface area contributed by atoms with Gasteiger partial charge in [-0.15, -0.1) is 0 Å². The van der Waals surface area contributed by atoms with Crippen molar-refractivity contribution >= 4 is 18.0 Å². The molecule has 0 saturated heterocycles. The number of nitrogens with zero attached hydrogens (tertiary/aromatic N) is 1. The summed E-state index contributed by atoms with van der Waals surface area (Å²) in [6.07, 6.45) is 1.83. The van der Waals surface area contributed by atoms with Crippen LogP contribution < -0.4 is 0 Å². The van der Waals surface area contributed by atoms with E-state index in [1.54, 1.807) is 11.9 Å². The predicted octanol–water partition coefficient (Wildman–Crippen LogP) is 0.297. The molecule has 0 fully saturated rings. The number of carboxylic acids is 1. The number of aliphatic carboxylic acids is 1. The van der Waals surface area contributed by atoms with Crippen LogP contribution in [0.15, 0.2) is 0 Å². The van der Waals surface area contributed by atoms with Crippen LogP contribution in [0.5, 0.6) is 0 Å². The van der Waals surface area contributed by atoms with E-state index in [0.29, 0.717) is 13.2 Å². The molecule has 0 saturated carbocycles. The molecule has 4 nitrogen and oxygen atoms in total. The zero-order valence-electron chi connectivity index (χ0n) is 6.74. The molecule has 0 aromatic heterocycles. The van der Waals surface area contributed by atoms with E-state index in [9.17, 15) is 4.79 Å². The summed E-state index contributed by atoms with van der Waals surface area (Å²) in [6.45, 7) is 1.27. The standard InChI is InChI=1S/C6H13NO3S/c1-7(5-6(8)9)3-4-10-11-2/h3-5H2,1-2H3,(H,8,9). The third kappa shape index (κ3) is 7.64. The summed E-state index contributed by atoms with van der Waals surface area (Å²) in [5, 5.41) is 8.35. The summed E-state index contributed by atoms with van der Waals surface area (Å²) in [7, 11) is 1.75. The lowest BCUT2D eigenvalue weighted by Gasteiger charge is -2.12. The van der Waals surface area contributed by atoms with Gasteiger partial charge in [0.2, 0.25) is 0 Å². The van der Waals surface area contributed by atoms with Crippen molar-refractivity contribution in [3.63, 3.8) is 0 Å². The molecule has 0 bridgehead atoms. The van der Waals surface area contributed by atoms with E-state index in [-0.39, 0.29) is 6.54 Å². The Labute approximate surface area is 70.7 Å². The number of carbonyl (C=O) groups is 1. The summed E-state index contributed by atoms with van der Waals surface area (Å²) in [5.41, 5.74) is 0. The Kier molecular flexibility index (Phi) is 6.30. The molecule has 0 aromatic carbocycles. The van der Waals surface area contributed by atoms with E-state index < -0.39 is 5.97 Å². The van der Waals surface area contributed by atoms with E-state index in [1.807, 2.05) is 6.26 Å². The second-order valence-corrected chi connectivity index (χ2v) is 2.69. The van der Waals surface area contributed by atoms with Gasteiger partial charge in [0.1, 0.15) is 0 Å². The summed E-state index contributed by atoms with van der Waals surface area (Å²) in [5.74, 6) is -0.809. The molecule has 0 rings (SSSR count). The number of rotatable bonds is 6. The van der Waals surface area contributed by atoms with Gasteiger partial charge in [0.05, 0.1) is 13.2 Å². The van der Waals surface area contributed by atoms with Gasteiger partial charge in [-0.05, 0) is 19.1 Å². The fraction of sp³-hybridized carbons (Fsp3) is 0.833. The average molecular weight is 179 g/mol. The van der Waals surface area contributed by atoms with Gasteiger partial charge in [-0.2, -0.15) is 0 Å². The largest absolute Gasteiger partial charge is 0.480 e. The smallest absolute Gasteiger partial charge is 0.317 e. The maximum atomic E-state index is 10.2. The molecule has 0 spiro atoms. The van der Waals surface area contributed by atoms with Crippen molar-refractivity contribution < 1.29 is 14.1 Å². The lowest BCUT2D eigenvalue weighted by molar-refractivity contribution is -0.138. The first kappa shape index (κ1) is 10.7. The number of likely N-dealkylation sites (N-methyl/N-ethyl adjacent to an activating group) is 1. The lowest BCUT2D eigenvalue weighted by Crippen LogP contribution is -2.28. The SMILES string of the molecule is CSOCCN(C)CC(=O)O. The van der Waals surface area contributed by atoms with Gasteiger partial charge in [0.25, 0.3) is 0 Å². The maximum absolute atomic E-state index is 10.2. The molecule has 11 heavy (non-hydrogen) atoms. The van der Waals surface area contributed by atoms with Crippen LogP contribution in [0.2, 0.25) is 0 Å². The number of hydrogen-bond acceptors (Lipinski definition) is 4. The molecular weight excluding hydrogens is 166 g/mol. The van der Waals surface area contributed by atoms with Crippen molar-refractivity contribution in [2.24, 2.45) is 0 Å². The molecule has 0 atom stereocenters. The molecule has 5 heteroatoms. The normalized spacial score (nSPS) is 10.5. The van der Waals surface area contributed by atoms with E-state index in [2.05, 4.69) is 0 Å². The molecule has 0 aromatic rings. The van der Waals surface area contributed by atoms with E-state index in [0.717, 1.165) is 0 Å². The monoisotopic (exact) mass is 179 g/mol. The van der Waals surface area contributed by atoms with Gasteiger partial charge >= 0.3 is 5.97 Å². The lowest BCUT2D eigenvalue weighted by atomic mass is 10.5. The molecule has 0 radical (unpaired) electrons. The topological polar surface area (TPSA) is 49.8 Å². The van der Waals surface area contributed by atoms with Gasteiger partial charge in [-0.1, -0.05) is 0 Å². The molecule has 0 unspecified atom stereocenters. The fourth-order valence-corrected chi connectivity index (χ4v) is 0.828. The Morgan fingerprint density at radius 2 is 2.36 bits per heavy atom. The second kappa shape index (κ2) is 6.45. The zero-order chi connectivity index (χ0) is 8.69. The Morgan fingerprint density at radius 1 is 1.73 bits per heavy atom. The van der Waals surface area contributed by atoms with Crippen molar-refractivity contribution in [3.8, 4) is 0 Å². The highest BCUT2D eigenvalue weighted by molar-refractivity contribution is 7.93. The summed E-state index contributed by atoms with van der Waals surface area (Å²) in [4.78, 5) is 11.8. The highest BCUT2D eigenvalue weighted by Crippen LogP contribution is 1.93. The quantitative estimate of drug-likeness (QED) is 0.469. The number of hydrogen-bond donors (Lipinski definition) is 1. The third-order valence-corrected chi connectivity index (χ3v) is 1.48. The first-order valence-electron chi connectivity index (χ1n) is 3.22. The van der Waals surface area contributed by atoms with E-state index >= 15 is 0 Å². The van der Waals surface area contributed by atoms with Crippen molar-refractivity contribution in [2.75, 3.05) is 33.0 Å². The Hall–Kier alpha value is -0.260. The van der Waals surface area contributed by atoms with Crippen molar-refractivity contribution in [3.05, 3.63) is 0 Å². The summed E-state index contributed by atoms with van der Waals surface area (Å²) in [6, 6.07) is 0. The van der Waals surface area contributed by atoms with Crippen LogP contribution in [0.25, 0.3) is 0 Å². The molecule has 0 aliphatic rings. The predicted molar refractivity (Wildman–Crippen MR) is 44.6 cm³/mol. The van der Waals surface area contributed by atoms with Crippen LogP contribution >= 0.6 is 12.0 Å². The first-order chi connectivity index (χ1) is 5.16. The molecule has 0 heterocycles. The molecule has 0 aliphatic carbocycles. The summed E-state index contributed by atoms with van der Waals surface area (Å²) < 4.78 is 4.97. The van der Waals surface area contributed by atoms with E-state index in [4.69, 9.17) is 9.29 Å². The Bertz CT molecular complexity index is 120. The average Bonchev–Trinajstić information content (AvgIpc) is 1.86. The van der Waals surface area contributed by atoms with Gasteiger partial charge in [0.15, 0.2) is 0 Å². The van der Waals surface area contributed by atoms with Crippen LogP contribution in [-0.4, -0.2) is 49.0 Å². The molecule has 0 amide bonds. The molecular formula is C6H13NO3S. The fourth-order valence-electron chi connectivity index (χ4n) is 0.586.